The molecule has 10 N–H and O–H groups in total. The van der Waals surface area contributed by atoms with Gasteiger partial charge in [-0.25, -0.2) is 4.79 Å². The number of carbonyl (C=O) groups is 4. The molecule has 2 aromatic rings. The summed E-state index contributed by atoms with van der Waals surface area (Å²) in [4.78, 5) is 51.5. The third-order valence-corrected chi connectivity index (χ3v) is 6.64. The largest absolute Gasteiger partial charge is 0.508 e. The molecule has 4 unspecified atom stereocenters. The number of nitrogens with two attached hydrogens (primary N) is 2. The van der Waals surface area contributed by atoms with Gasteiger partial charge in [0.1, 0.15) is 29.6 Å². The summed E-state index contributed by atoms with van der Waals surface area (Å²) in [6.45, 7) is 4.12. The van der Waals surface area contributed by atoms with Crippen LogP contribution >= 0.6 is 0 Å². The molecule has 3 amide bonds. The molecule has 0 aromatic heterocycles. The van der Waals surface area contributed by atoms with E-state index in [2.05, 4.69) is 16.0 Å². The van der Waals surface area contributed by atoms with Crippen LogP contribution in [0.1, 0.15) is 50.7 Å². The molecule has 12 nitrogen and oxygen atoms in total. The van der Waals surface area contributed by atoms with E-state index in [1.807, 2.05) is 13.8 Å². The maximum Gasteiger partial charge on any atom is 0.326 e. The maximum absolute atomic E-state index is 13.4. The number of phenols is 2. The Balaban J connectivity index is 2.13. The van der Waals surface area contributed by atoms with Crippen molar-refractivity contribution in [3.8, 4) is 11.5 Å². The summed E-state index contributed by atoms with van der Waals surface area (Å²) >= 11 is 0. The molecule has 0 saturated carbocycles. The number of hydrogen-bond donors (Lipinski definition) is 8. The van der Waals surface area contributed by atoms with Gasteiger partial charge in [-0.05, 0) is 80.0 Å². The quantitative estimate of drug-likeness (QED) is 0.124. The number of aromatic hydroxyl groups is 2. The summed E-state index contributed by atoms with van der Waals surface area (Å²) in [6, 6.07) is 7.95. The van der Waals surface area contributed by atoms with Crippen LogP contribution in [0.3, 0.4) is 0 Å². The van der Waals surface area contributed by atoms with Crippen LogP contribution in [0.25, 0.3) is 0 Å². The topological polar surface area (TPSA) is 217 Å². The second kappa shape index (κ2) is 16.9. The summed E-state index contributed by atoms with van der Waals surface area (Å²) < 4.78 is 0. The molecule has 0 bridgehead atoms. The Hall–Kier alpha value is -4.16. The number of unbranched alkanes of at least 4 members (excludes halogenated alkanes) is 1. The monoisotopic (exact) mass is 585 g/mol. The van der Waals surface area contributed by atoms with Crippen LogP contribution in [0.5, 0.6) is 11.5 Å². The number of amides is 3. The minimum atomic E-state index is -1.27. The lowest BCUT2D eigenvalue weighted by Crippen LogP contribution is -2.57. The predicted molar refractivity (Wildman–Crippen MR) is 157 cm³/mol. The first-order chi connectivity index (χ1) is 19.9. The van der Waals surface area contributed by atoms with Gasteiger partial charge in [-0.15, -0.1) is 0 Å². The van der Waals surface area contributed by atoms with Gasteiger partial charge in [-0.2, -0.15) is 0 Å². The first kappa shape index (κ1) is 34.0. The summed E-state index contributed by atoms with van der Waals surface area (Å²) in [5, 5.41) is 36.6. The first-order valence-electron chi connectivity index (χ1n) is 14.0. The second-order valence-corrected chi connectivity index (χ2v) is 10.8. The van der Waals surface area contributed by atoms with Crippen molar-refractivity contribution in [1.82, 2.24) is 16.0 Å². The average Bonchev–Trinajstić information content (AvgIpc) is 2.93. The Kier molecular flexibility index (Phi) is 13.7. The number of carboxylic acids is 1. The number of phenolic OH excluding ortho intramolecular Hbond substituents is 2. The zero-order valence-electron chi connectivity index (χ0n) is 24.1. The molecule has 0 aliphatic heterocycles. The highest BCUT2D eigenvalue weighted by molar-refractivity contribution is 5.94. The van der Waals surface area contributed by atoms with Gasteiger partial charge in [-0.3, -0.25) is 14.4 Å². The zero-order valence-corrected chi connectivity index (χ0v) is 24.1. The Morgan fingerprint density at radius 1 is 0.714 bits per heavy atom. The Bertz CT molecular complexity index is 1170. The standard InChI is InChI=1S/C30H43N5O7/c1-18(2)15-25(29(40)35-26(30(41)42)17-20-8-12-22(37)13-9-20)34-28(39)24(5-3-4-14-31)33-27(38)23(32)16-19-6-10-21(36)11-7-19/h6-13,18,23-26,36-37H,3-5,14-17,31-32H2,1-2H3,(H,33,38)(H,34,39)(H,35,40)(H,41,42). The number of benzene rings is 2. The number of hydrogen-bond acceptors (Lipinski definition) is 8. The van der Waals surface area contributed by atoms with E-state index in [0.29, 0.717) is 24.9 Å². The normalized spacial score (nSPS) is 13.9. The van der Waals surface area contributed by atoms with E-state index in [0.717, 1.165) is 5.56 Å². The van der Waals surface area contributed by atoms with Crippen LogP contribution in [0.2, 0.25) is 0 Å². The van der Waals surface area contributed by atoms with Crippen molar-refractivity contribution in [3.63, 3.8) is 0 Å². The highest BCUT2D eigenvalue weighted by atomic mass is 16.4. The van der Waals surface area contributed by atoms with E-state index in [9.17, 15) is 34.5 Å². The van der Waals surface area contributed by atoms with Crippen LogP contribution in [-0.4, -0.2) is 69.7 Å². The fourth-order valence-electron chi connectivity index (χ4n) is 4.33. The van der Waals surface area contributed by atoms with E-state index >= 15 is 0 Å². The number of nitrogens with one attached hydrogen (secondary N) is 3. The van der Waals surface area contributed by atoms with Gasteiger partial charge in [0.15, 0.2) is 0 Å². The van der Waals surface area contributed by atoms with Crippen LogP contribution < -0.4 is 27.4 Å². The van der Waals surface area contributed by atoms with Crippen molar-refractivity contribution in [2.24, 2.45) is 17.4 Å². The summed E-state index contributed by atoms with van der Waals surface area (Å²) in [6.07, 6.45) is 1.80. The molecule has 0 radical (unpaired) electrons. The molecule has 0 heterocycles. The fourth-order valence-corrected chi connectivity index (χ4v) is 4.33. The van der Waals surface area contributed by atoms with E-state index in [1.54, 1.807) is 24.3 Å². The van der Waals surface area contributed by atoms with Crippen LogP contribution in [0.4, 0.5) is 0 Å². The number of rotatable bonds is 17. The molecule has 0 aliphatic carbocycles. The van der Waals surface area contributed by atoms with Gasteiger partial charge in [0.05, 0.1) is 6.04 Å². The van der Waals surface area contributed by atoms with Crippen molar-refractivity contribution >= 4 is 23.7 Å². The van der Waals surface area contributed by atoms with Crippen molar-refractivity contribution in [2.45, 2.75) is 76.5 Å². The van der Waals surface area contributed by atoms with Gasteiger partial charge in [0, 0.05) is 6.42 Å². The number of carbonyl (C=O) groups excluding carboxylic acids is 3. The molecule has 2 rings (SSSR count). The minimum Gasteiger partial charge on any atom is -0.508 e. The van der Waals surface area contributed by atoms with E-state index in [1.165, 1.54) is 24.3 Å². The van der Waals surface area contributed by atoms with Crippen molar-refractivity contribution in [1.29, 1.82) is 0 Å². The van der Waals surface area contributed by atoms with Gasteiger partial charge in [0.25, 0.3) is 0 Å². The fraction of sp³-hybridized carbons (Fsp3) is 0.467. The van der Waals surface area contributed by atoms with E-state index in [-0.39, 0.29) is 43.1 Å². The molecule has 12 heteroatoms. The third-order valence-electron chi connectivity index (χ3n) is 6.64. The first-order valence-corrected chi connectivity index (χ1v) is 14.0. The van der Waals surface area contributed by atoms with Crippen molar-refractivity contribution < 1.29 is 34.5 Å². The molecular formula is C30H43N5O7. The van der Waals surface area contributed by atoms with Crippen LogP contribution in [0, 0.1) is 5.92 Å². The summed E-state index contributed by atoms with van der Waals surface area (Å²) in [7, 11) is 0. The zero-order chi connectivity index (χ0) is 31.2. The Morgan fingerprint density at radius 2 is 1.19 bits per heavy atom. The second-order valence-electron chi connectivity index (χ2n) is 10.8. The lowest BCUT2D eigenvalue weighted by Gasteiger charge is -2.26. The molecule has 0 spiro atoms. The van der Waals surface area contributed by atoms with Crippen LogP contribution in [0.15, 0.2) is 48.5 Å². The van der Waals surface area contributed by atoms with Crippen molar-refractivity contribution in [3.05, 3.63) is 59.7 Å². The lowest BCUT2D eigenvalue weighted by atomic mass is 10.00. The average molecular weight is 586 g/mol. The van der Waals surface area contributed by atoms with Gasteiger partial charge >= 0.3 is 5.97 Å². The van der Waals surface area contributed by atoms with Crippen molar-refractivity contribution in [2.75, 3.05) is 6.54 Å². The predicted octanol–water partition coefficient (Wildman–Crippen LogP) is 0.924. The van der Waals surface area contributed by atoms with E-state index in [4.69, 9.17) is 11.5 Å². The number of carboxylic acid groups (broad SMARTS) is 1. The van der Waals surface area contributed by atoms with Crippen LogP contribution in [-0.2, 0) is 32.0 Å². The molecule has 0 aliphatic rings. The highest BCUT2D eigenvalue weighted by Gasteiger charge is 2.30. The molecule has 42 heavy (non-hydrogen) atoms. The molecule has 2 aromatic carbocycles. The lowest BCUT2D eigenvalue weighted by molar-refractivity contribution is -0.142. The smallest absolute Gasteiger partial charge is 0.326 e. The number of aliphatic carboxylic acids is 1. The summed E-state index contributed by atoms with van der Waals surface area (Å²) in [5.74, 6) is -2.97. The van der Waals surface area contributed by atoms with Gasteiger partial charge < -0.3 is 42.7 Å². The Labute approximate surface area is 245 Å². The van der Waals surface area contributed by atoms with Gasteiger partial charge in [-0.1, -0.05) is 38.1 Å². The Morgan fingerprint density at radius 3 is 1.69 bits per heavy atom. The third kappa shape index (κ3) is 11.8. The highest BCUT2D eigenvalue weighted by Crippen LogP contribution is 2.14. The molecule has 0 fully saturated rings. The molecular weight excluding hydrogens is 542 g/mol. The van der Waals surface area contributed by atoms with E-state index < -0.39 is 47.9 Å². The minimum absolute atomic E-state index is 0.0227. The maximum atomic E-state index is 13.4. The SMILES string of the molecule is CC(C)CC(NC(=O)C(CCCCN)NC(=O)C(N)Cc1ccc(O)cc1)C(=O)NC(Cc1ccc(O)cc1)C(=O)O. The molecule has 4 atom stereocenters. The summed E-state index contributed by atoms with van der Waals surface area (Å²) in [5.41, 5.74) is 13.0. The molecule has 230 valence electrons. The van der Waals surface area contributed by atoms with Gasteiger partial charge in [0.2, 0.25) is 17.7 Å². The molecule has 0 saturated heterocycles.